The van der Waals surface area contributed by atoms with E-state index in [1.807, 2.05) is 24.3 Å². The van der Waals surface area contributed by atoms with Crippen LogP contribution in [0.3, 0.4) is 0 Å². The van der Waals surface area contributed by atoms with Gasteiger partial charge in [-0.3, -0.25) is 0 Å². The van der Waals surface area contributed by atoms with Crippen molar-refractivity contribution in [3.8, 4) is 11.8 Å². The molecule has 2 N–H and O–H groups in total. The monoisotopic (exact) mass is 560 g/mol. The summed E-state index contributed by atoms with van der Waals surface area (Å²) in [6, 6.07) is 15.3. The summed E-state index contributed by atoms with van der Waals surface area (Å²) in [6.45, 7) is 2.74. The van der Waals surface area contributed by atoms with E-state index in [0.717, 1.165) is 73.8 Å². The van der Waals surface area contributed by atoms with E-state index < -0.39 is 6.36 Å². The van der Waals surface area contributed by atoms with E-state index in [4.69, 9.17) is 0 Å². The summed E-state index contributed by atoms with van der Waals surface area (Å²) >= 11 is 0. The molecular weight excluding hydrogens is 525 g/mol. The molecule has 2 fully saturated rings. The van der Waals surface area contributed by atoms with E-state index >= 15 is 0 Å². The fourth-order valence-electron chi connectivity index (χ4n) is 6.17. The zero-order chi connectivity index (χ0) is 26.5. The molecule has 1 unspecified atom stereocenters. The molecule has 2 aromatic carbocycles. The number of ether oxygens (including phenoxy) is 1. The Bertz CT molecular complexity index is 1270. The van der Waals surface area contributed by atoms with Gasteiger partial charge < -0.3 is 19.9 Å². The maximum absolute atomic E-state index is 13.0. The van der Waals surface area contributed by atoms with Crippen molar-refractivity contribution in [3.05, 3.63) is 65.4 Å². The number of alkyl halides is 3. The minimum absolute atomic E-state index is 0. The van der Waals surface area contributed by atoms with Crippen LogP contribution in [-0.2, 0) is 0 Å². The molecule has 1 aliphatic carbocycles. The van der Waals surface area contributed by atoms with Gasteiger partial charge in [0.05, 0.1) is 11.6 Å². The molecule has 0 amide bonds. The van der Waals surface area contributed by atoms with Crippen molar-refractivity contribution in [2.75, 3.05) is 19.6 Å². The quantitative estimate of drug-likeness (QED) is 0.306. The minimum Gasteiger partial charge on any atom is -0.406 e. The molecule has 1 saturated carbocycles. The fraction of sp³-hybridized carbons (Fsp3) is 0.500. The predicted octanol–water partition coefficient (Wildman–Crippen LogP) is 7.20. The molecule has 5 nitrogen and oxygen atoms in total. The highest BCUT2D eigenvalue weighted by Gasteiger charge is 2.32. The van der Waals surface area contributed by atoms with Gasteiger partial charge in [0.2, 0.25) is 0 Å². The van der Waals surface area contributed by atoms with E-state index in [1.165, 1.54) is 31.4 Å². The number of nitrogens with one attached hydrogen (secondary N) is 2. The highest BCUT2D eigenvalue weighted by atomic mass is 35.5. The third-order valence-corrected chi connectivity index (χ3v) is 8.04. The van der Waals surface area contributed by atoms with Gasteiger partial charge in [-0.2, -0.15) is 5.26 Å². The molecule has 210 valence electrons. The van der Waals surface area contributed by atoms with Gasteiger partial charge in [-0.1, -0.05) is 37.5 Å². The highest BCUT2D eigenvalue weighted by Crippen LogP contribution is 2.40. The number of halogens is 4. The molecule has 1 atom stereocenters. The van der Waals surface area contributed by atoms with Crippen LogP contribution in [0.4, 0.5) is 13.2 Å². The predicted molar refractivity (Wildman–Crippen MR) is 150 cm³/mol. The third-order valence-electron chi connectivity index (χ3n) is 8.04. The van der Waals surface area contributed by atoms with Gasteiger partial charge in [0.15, 0.2) is 0 Å². The molecule has 39 heavy (non-hydrogen) atoms. The number of rotatable bonds is 8. The number of hydrogen-bond donors (Lipinski definition) is 2. The summed E-state index contributed by atoms with van der Waals surface area (Å²) < 4.78 is 45.7. The molecule has 9 heteroatoms. The first kappa shape index (κ1) is 29.3. The van der Waals surface area contributed by atoms with E-state index in [2.05, 4.69) is 32.2 Å². The van der Waals surface area contributed by atoms with Crippen LogP contribution in [0, 0.1) is 11.3 Å². The Balaban J connectivity index is 0.00000353. The largest absolute Gasteiger partial charge is 0.573 e. The number of hydrogen-bond acceptors (Lipinski definition) is 4. The lowest BCUT2D eigenvalue weighted by atomic mass is 9.87. The van der Waals surface area contributed by atoms with Crippen molar-refractivity contribution < 1.29 is 17.9 Å². The van der Waals surface area contributed by atoms with Crippen LogP contribution >= 0.6 is 12.4 Å². The second-order valence-electron chi connectivity index (χ2n) is 10.6. The van der Waals surface area contributed by atoms with Crippen LogP contribution in [0.25, 0.3) is 10.9 Å². The Kier molecular flexibility index (Phi) is 9.81. The third kappa shape index (κ3) is 7.27. The van der Waals surface area contributed by atoms with Gasteiger partial charge in [-0.25, -0.2) is 0 Å². The number of nitriles is 1. The van der Waals surface area contributed by atoms with Crippen LogP contribution < -0.4 is 15.4 Å². The molecule has 3 aromatic rings. The first-order chi connectivity index (χ1) is 18.4. The topological polar surface area (TPSA) is 62.0 Å². The molecule has 2 aliphatic rings. The van der Waals surface area contributed by atoms with Crippen molar-refractivity contribution in [1.82, 2.24) is 15.2 Å². The van der Waals surface area contributed by atoms with Gasteiger partial charge in [-0.05, 0) is 87.1 Å². The zero-order valence-electron chi connectivity index (χ0n) is 22.0. The van der Waals surface area contributed by atoms with E-state index in [-0.39, 0.29) is 24.1 Å². The summed E-state index contributed by atoms with van der Waals surface area (Å²) in [6.07, 6.45) is 6.12. The van der Waals surface area contributed by atoms with Crippen LogP contribution in [0.2, 0.25) is 0 Å². The van der Waals surface area contributed by atoms with E-state index in [9.17, 15) is 18.4 Å². The van der Waals surface area contributed by atoms with Gasteiger partial charge in [0.1, 0.15) is 5.75 Å². The van der Waals surface area contributed by atoms with Crippen LogP contribution in [0.15, 0.2) is 48.7 Å². The Morgan fingerprint density at radius 2 is 1.82 bits per heavy atom. The van der Waals surface area contributed by atoms with Crippen molar-refractivity contribution in [2.24, 2.45) is 0 Å². The lowest BCUT2D eigenvalue weighted by Crippen LogP contribution is -2.40. The first-order valence-corrected chi connectivity index (χ1v) is 13.8. The summed E-state index contributed by atoms with van der Waals surface area (Å²) in [4.78, 5) is 0. The standard InChI is InChI=1S/C30H35F3N4O.ClH/c31-30(32,33)38-25-8-4-5-22(18-25)26(13-16-36-23-11-14-35-15-12-23)28-20-37(24-6-2-1-3-7-24)29-17-21(19-34)9-10-27(28)29;/h4-5,8-10,17-18,20,23-24,26,35-36H,1-3,6-7,11-16H2;1H. The van der Waals surface area contributed by atoms with Crippen molar-refractivity contribution >= 4 is 23.3 Å². The van der Waals surface area contributed by atoms with E-state index in [0.29, 0.717) is 17.6 Å². The number of benzene rings is 2. The lowest BCUT2D eigenvalue weighted by molar-refractivity contribution is -0.274. The summed E-state index contributed by atoms with van der Waals surface area (Å²) in [5.41, 5.74) is 3.53. The summed E-state index contributed by atoms with van der Waals surface area (Å²) in [5.74, 6) is -0.324. The van der Waals surface area contributed by atoms with Crippen LogP contribution in [0.1, 0.15) is 80.0 Å². The number of piperidine rings is 1. The molecule has 1 aliphatic heterocycles. The van der Waals surface area contributed by atoms with Crippen LogP contribution in [0.5, 0.6) is 5.75 Å². The number of nitrogens with zero attached hydrogens (tertiary/aromatic N) is 2. The van der Waals surface area contributed by atoms with E-state index in [1.54, 1.807) is 6.07 Å². The number of aromatic nitrogens is 1. The highest BCUT2D eigenvalue weighted by molar-refractivity contribution is 5.86. The zero-order valence-corrected chi connectivity index (χ0v) is 22.8. The second kappa shape index (κ2) is 13.1. The molecule has 1 saturated heterocycles. The van der Waals surface area contributed by atoms with Crippen molar-refractivity contribution in [1.29, 1.82) is 5.26 Å². The van der Waals surface area contributed by atoms with Gasteiger partial charge in [0, 0.05) is 35.1 Å². The molecule has 0 bridgehead atoms. The first-order valence-electron chi connectivity index (χ1n) is 13.8. The summed E-state index contributed by atoms with van der Waals surface area (Å²) in [5, 5.41) is 17.7. The Morgan fingerprint density at radius 1 is 1.05 bits per heavy atom. The molecule has 0 spiro atoms. The smallest absolute Gasteiger partial charge is 0.406 e. The van der Waals surface area contributed by atoms with Gasteiger partial charge >= 0.3 is 6.36 Å². The Hall–Kier alpha value is -2.73. The SMILES string of the molecule is Cl.N#Cc1ccc2c(C(CCNC3CCNCC3)c3cccc(OC(F)(F)F)c3)cn(C3CCCCC3)c2c1. The average Bonchev–Trinajstić information content (AvgIpc) is 3.30. The number of fused-ring (bicyclic) bond motifs is 1. The maximum Gasteiger partial charge on any atom is 0.573 e. The second-order valence-corrected chi connectivity index (χ2v) is 10.6. The minimum atomic E-state index is -4.74. The van der Waals surface area contributed by atoms with Crippen molar-refractivity contribution in [3.63, 3.8) is 0 Å². The molecule has 0 radical (unpaired) electrons. The van der Waals surface area contributed by atoms with Crippen LogP contribution in [-0.4, -0.2) is 36.6 Å². The average molecular weight is 561 g/mol. The molecule has 1 aromatic heterocycles. The Morgan fingerprint density at radius 3 is 2.54 bits per heavy atom. The Labute approximate surface area is 234 Å². The maximum atomic E-state index is 13.0. The summed E-state index contributed by atoms with van der Waals surface area (Å²) in [7, 11) is 0. The van der Waals surface area contributed by atoms with Gasteiger partial charge in [0.25, 0.3) is 0 Å². The molecular formula is C30H36ClF3N4O. The lowest BCUT2D eigenvalue weighted by Gasteiger charge is -2.26. The molecule has 2 heterocycles. The van der Waals surface area contributed by atoms with Crippen molar-refractivity contribution in [2.45, 2.75) is 75.7 Å². The fourth-order valence-corrected chi connectivity index (χ4v) is 6.17. The normalized spacial score (nSPS) is 17.9. The van der Waals surface area contributed by atoms with Gasteiger partial charge in [-0.15, -0.1) is 25.6 Å². The molecule has 5 rings (SSSR count).